The van der Waals surface area contributed by atoms with Crippen LogP contribution in [0.15, 0.2) is 10.2 Å². The molecule has 3 nitrogen and oxygen atoms in total. The first kappa shape index (κ1) is 14.4. The summed E-state index contributed by atoms with van der Waals surface area (Å²) in [5, 5.41) is 12.7. The van der Waals surface area contributed by atoms with Crippen LogP contribution < -0.4 is 5.32 Å². The molecule has 2 aliphatic rings. The van der Waals surface area contributed by atoms with Crippen LogP contribution in [0.3, 0.4) is 0 Å². The van der Waals surface area contributed by atoms with Crippen molar-refractivity contribution in [3.63, 3.8) is 0 Å². The van der Waals surface area contributed by atoms with Gasteiger partial charge >= 0.3 is 0 Å². The van der Waals surface area contributed by atoms with E-state index in [1.54, 1.807) is 0 Å². The van der Waals surface area contributed by atoms with E-state index in [2.05, 4.69) is 38.4 Å². The van der Waals surface area contributed by atoms with Crippen molar-refractivity contribution in [2.45, 2.75) is 81.2 Å². The fourth-order valence-electron chi connectivity index (χ4n) is 3.02. The minimum absolute atomic E-state index is 0.501. The molecule has 1 N–H and O–H groups in total. The van der Waals surface area contributed by atoms with E-state index in [0.29, 0.717) is 12.1 Å². The molecule has 0 bridgehead atoms. The summed E-state index contributed by atoms with van der Waals surface area (Å²) in [5.41, 5.74) is 0. The Bertz CT molecular complexity index is 254. The number of halogens is 1. The van der Waals surface area contributed by atoms with Crippen LogP contribution in [0, 0.1) is 0 Å². The van der Waals surface area contributed by atoms with Crippen LogP contribution in [0.25, 0.3) is 0 Å². The third kappa shape index (κ3) is 4.61. The van der Waals surface area contributed by atoms with Gasteiger partial charge in [0.1, 0.15) is 0 Å². The Morgan fingerprint density at radius 3 is 1.89 bits per heavy atom. The molecule has 18 heavy (non-hydrogen) atoms. The number of hydrogen-bond acceptors (Lipinski definition) is 3. The second-order valence-electron chi connectivity index (χ2n) is 5.70. The first-order valence-corrected chi connectivity index (χ1v) is 8.47. The zero-order valence-corrected chi connectivity index (χ0v) is 13.0. The first-order chi connectivity index (χ1) is 8.78. The summed E-state index contributed by atoms with van der Waals surface area (Å²) >= 11 is 3.69. The lowest BCUT2D eigenvalue weighted by Crippen LogP contribution is -2.33. The molecule has 2 fully saturated rings. The summed E-state index contributed by atoms with van der Waals surface area (Å²) in [7, 11) is 0. The van der Waals surface area contributed by atoms with Crippen molar-refractivity contribution in [2.75, 3.05) is 6.54 Å². The van der Waals surface area contributed by atoms with Crippen molar-refractivity contribution in [2.24, 2.45) is 10.2 Å². The molecular weight excluding hydrogens is 290 g/mol. The number of hydrogen-bond donors (Lipinski definition) is 1. The maximum absolute atomic E-state index is 4.61. The van der Waals surface area contributed by atoms with Crippen molar-refractivity contribution in [1.82, 2.24) is 5.32 Å². The van der Waals surface area contributed by atoms with Gasteiger partial charge in [-0.05, 0) is 57.9 Å². The molecule has 2 rings (SSSR count). The topological polar surface area (TPSA) is 36.8 Å². The predicted octanol–water partition coefficient (Wildman–Crippen LogP) is 4.07. The highest BCUT2D eigenvalue weighted by Crippen LogP contribution is 2.27. The summed E-state index contributed by atoms with van der Waals surface area (Å²) in [5.74, 6) is 0. The molecule has 0 heterocycles. The Morgan fingerprint density at radius 2 is 1.39 bits per heavy atom. The third-order valence-electron chi connectivity index (χ3n) is 4.21. The maximum atomic E-state index is 4.61. The summed E-state index contributed by atoms with van der Waals surface area (Å²) in [6, 6.07) is 1.73. The molecule has 104 valence electrons. The summed E-state index contributed by atoms with van der Waals surface area (Å²) in [4.78, 5) is 0.722. The van der Waals surface area contributed by atoms with Gasteiger partial charge < -0.3 is 5.32 Å². The number of alkyl halides is 1. The van der Waals surface area contributed by atoms with Gasteiger partial charge in [0.25, 0.3) is 0 Å². The smallest absolute Gasteiger partial charge is 0.0709 e. The standard InChI is InChI=1S/C14H26BrN3/c1-2-16-12-7-9-14(10-8-12)18-17-13-5-3-11(15)4-6-13/h11-14,16H,2-10H2,1H3. The third-order valence-corrected chi connectivity index (χ3v) is 5.12. The van der Waals surface area contributed by atoms with Gasteiger partial charge in [0.05, 0.1) is 12.1 Å². The van der Waals surface area contributed by atoms with Crippen molar-refractivity contribution in [3.8, 4) is 0 Å². The van der Waals surface area contributed by atoms with Gasteiger partial charge in [-0.1, -0.05) is 22.9 Å². The van der Waals surface area contributed by atoms with E-state index in [9.17, 15) is 0 Å². The highest BCUT2D eigenvalue weighted by Gasteiger charge is 2.22. The quantitative estimate of drug-likeness (QED) is 0.616. The Kier molecular flexibility index (Phi) is 6.09. The molecule has 0 aromatic heterocycles. The normalized spacial score (nSPS) is 38.1. The highest BCUT2D eigenvalue weighted by molar-refractivity contribution is 9.09. The Morgan fingerprint density at radius 1 is 0.889 bits per heavy atom. The average molecular weight is 316 g/mol. The molecule has 0 saturated heterocycles. The maximum Gasteiger partial charge on any atom is 0.0709 e. The number of azo groups is 1. The van der Waals surface area contributed by atoms with Gasteiger partial charge in [0, 0.05) is 10.9 Å². The van der Waals surface area contributed by atoms with E-state index < -0.39 is 0 Å². The predicted molar refractivity (Wildman–Crippen MR) is 79.5 cm³/mol. The minimum Gasteiger partial charge on any atom is -0.314 e. The van der Waals surface area contributed by atoms with Gasteiger partial charge in [-0.2, -0.15) is 10.2 Å². The van der Waals surface area contributed by atoms with Crippen LogP contribution in [-0.4, -0.2) is 29.5 Å². The lowest BCUT2D eigenvalue weighted by molar-refractivity contribution is 0.334. The Labute approximate surface area is 119 Å². The van der Waals surface area contributed by atoms with Crippen LogP contribution in [0.4, 0.5) is 0 Å². The van der Waals surface area contributed by atoms with E-state index in [-0.39, 0.29) is 0 Å². The van der Waals surface area contributed by atoms with Gasteiger partial charge in [-0.3, -0.25) is 0 Å². The lowest BCUT2D eigenvalue weighted by atomic mass is 9.91. The summed E-state index contributed by atoms with van der Waals surface area (Å²) in [6.45, 7) is 3.28. The van der Waals surface area contributed by atoms with Crippen molar-refractivity contribution >= 4 is 15.9 Å². The second kappa shape index (κ2) is 7.59. The summed E-state index contributed by atoms with van der Waals surface area (Å²) in [6.07, 6.45) is 9.92. The molecule has 0 aliphatic heterocycles. The van der Waals surface area contributed by atoms with Crippen LogP contribution in [-0.2, 0) is 0 Å². The van der Waals surface area contributed by atoms with Crippen LogP contribution in [0.1, 0.15) is 58.3 Å². The molecule has 0 unspecified atom stereocenters. The van der Waals surface area contributed by atoms with Crippen LogP contribution in [0.5, 0.6) is 0 Å². The lowest BCUT2D eigenvalue weighted by Gasteiger charge is -2.27. The van der Waals surface area contributed by atoms with Gasteiger partial charge in [0.15, 0.2) is 0 Å². The van der Waals surface area contributed by atoms with E-state index in [4.69, 9.17) is 0 Å². The number of rotatable bonds is 4. The minimum atomic E-state index is 0.501. The van der Waals surface area contributed by atoms with E-state index >= 15 is 0 Å². The van der Waals surface area contributed by atoms with Gasteiger partial charge in [-0.15, -0.1) is 0 Å². The van der Waals surface area contributed by atoms with Crippen LogP contribution in [0.2, 0.25) is 0 Å². The number of nitrogens with one attached hydrogen (secondary N) is 1. The fraction of sp³-hybridized carbons (Fsp3) is 1.00. The van der Waals surface area contributed by atoms with Crippen molar-refractivity contribution in [1.29, 1.82) is 0 Å². The highest BCUT2D eigenvalue weighted by atomic mass is 79.9. The van der Waals surface area contributed by atoms with Crippen LogP contribution >= 0.6 is 15.9 Å². The second-order valence-corrected chi connectivity index (χ2v) is 6.99. The average Bonchev–Trinajstić information content (AvgIpc) is 2.40. The largest absolute Gasteiger partial charge is 0.314 e. The van der Waals surface area contributed by atoms with E-state index in [1.165, 1.54) is 51.4 Å². The fourth-order valence-corrected chi connectivity index (χ4v) is 3.55. The van der Waals surface area contributed by atoms with Gasteiger partial charge in [0.2, 0.25) is 0 Å². The van der Waals surface area contributed by atoms with Crippen molar-refractivity contribution < 1.29 is 0 Å². The molecule has 4 heteroatoms. The SMILES string of the molecule is CCNC1CCC(N=NC2CCC(Br)CC2)CC1. The Balaban J connectivity index is 1.67. The molecule has 0 amide bonds. The molecule has 0 aromatic rings. The number of nitrogens with zero attached hydrogens (tertiary/aromatic N) is 2. The van der Waals surface area contributed by atoms with E-state index in [1.807, 2.05) is 0 Å². The summed E-state index contributed by atoms with van der Waals surface area (Å²) < 4.78 is 0. The van der Waals surface area contributed by atoms with E-state index in [0.717, 1.165) is 17.4 Å². The molecule has 0 atom stereocenters. The molecule has 0 aromatic carbocycles. The monoisotopic (exact) mass is 315 g/mol. The van der Waals surface area contributed by atoms with Gasteiger partial charge in [-0.25, -0.2) is 0 Å². The molecule has 0 spiro atoms. The zero-order valence-electron chi connectivity index (χ0n) is 11.4. The molecule has 2 saturated carbocycles. The molecule has 0 radical (unpaired) electrons. The zero-order chi connectivity index (χ0) is 12.8. The molecule has 2 aliphatic carbocycles. The van der Waals surface area contributed by atoms with Crippen molar-refractivity contribution in [3.05, 3.63) is 0 Å². The first-order valence-electron chi connectivity index (χ1n) is 7.55. The molecular formula is C14H26BrN3. The Hall–Kier alpha value is 0.0400.